The van der Waals surface area contributed by atoms with Crippen molar-refractivity contribution in [1.29, 1.82) is 0 Å². The summed E-state index contributed by atoms with van der Waals surface area (Å²) in [5, 5.41) is 0.263. The third-order valence-electron chi connectivity index (χ3n) is 3.14. The lowest BCUT2D eigenvalue weighted by Crippen LogP contribution is -2.33. The van der Waals surface area contributed by atoms with E-state index >= 15 is 0 Å². The molecule has 0 bridgehead atoms. The Morgan fingerprint density at radius 1 is 1.36 bits per heavy atom. The van der Waals surface area contributed by atoms with Gasteiger partial charge in [0.05, 0.1) is 0 Å². The van der Waals surface area contributed by atoms with E-state index in [0.29, 0.717) is 4.47 Å². The normalized spacial score (nSPS) is 10.5. The number of aromatic nitrogens is 1. The maximum Gasteiger partial charge on any atom is 0.251 e. The molecule has 0 aliphatic rings. The van der Waals surface area contributed by atoms with Crippen LogP contribution in [0, 0.1) is 5.82 Å². The Morgan fingerprint density at radius 2 is 2.09 bits per heavy atom. The Bertz CT molecular complexity index is 743. The van der Waals surface area contributed by atoms with E-state index in [4.69, 9.17) is 11.6 Å². The molecule has 0 unspecified atom stereocenters. The summed E-state index contributed by atoms with van der Waals surface area (Å²) in [5.74, 6) is -0.786. The second kappa shape index (κ2) is 7.07. The van der Waals surface area contributed by atoms with Gasteiger partial charge in [-0.1, -0.05) is 17.7 Å². The van der Waals surface area contributed by atoms with Crippen LogP contribution >= 0.6 is 27.5 Å². The van der Waals surface area contributed by atoms with Crippen molar-refractivity contribution in [2.45, 2.75) is 13.1 Å². The first-order valence-electron chi connectivity index (χ1n) is 6.41. The highest BCUT2D eigenvalue weighted by molar-refractivity contribution is 9.10. The zero-order chi connectivity index (χ0) is 16.3. The van der Waals surface area contributed by atoms with Gasteiger partial charge in [-0.25, -0.2) is 4.39 Å². The Kier molecular flexibility index (Phi) is 5.37. The number of hydrogen-bond acceptors (Lipinski definition) is 2. The topological polar surface area (TPSA) is 42.3 Å². The second-order valence-electron chi connectivity index (χ2n) is 4.76. The summed E-state index contributed by atoms with van der Waals surface area (Å²) < 4.78 is 15.7. The predicted octanol–water partition coefficient (Wildman–Crippen LogP) is 3.06. The number of nitrogens with zero attached hydrogens (tertiary/aromatic N) is 2. The van der Waals surface area contributed by atoms with E-state index in [1.54, 1.807) is 12.1 Å². The Morgan fingerprint density at radius 3 is 2.77 bits per heavy atom. The molecule has 0 spiro atoms. The molecule has 1 aromatic carbocycles. The van der Waals surface area contributed by atoms with Gasteiger partial charge in [-0.2, -0.15) is 0 Å². The van der Waals surface area contributed by atoms with Gasteiger partial charge in [-0.3, -0.25) is 9.59 Å². The van der Waals surface area contributed by atoms with Crippen molar-refractivity contribution in [1.82, 2.24) is 9.47 Å². The lowest BCUT2D eigenvalue weighted by Gasteiger charge is -2.19. The summed E-state index contributed by atoms with van der Waals surface area (Å²) in [5.41, 5.74) is -0.0320. The molecule has 0 saturated heterocycles. The molecule has 2 aromatic rings. The first-order chi connectivity index (χ1) is 10.4. The van der Waals surface area contributed by atoms with Crippen LogP contribution in [0.25, 0.3) is 0 Å². The molecule has 0 aliphatic heterocycles. The number of carbonyl (C=O) groups is 1. The molecule has 1 aromatic heterocycles. The first-order valence-corrected chi connectivity index (χ1v) is 7.58. The Hall–Kier alpha value is -1.66. The molecule has 0 atom stereocenters. The molecule has 0 radical (unpaired) electrons. The van der Waals surface area contributed by atoms with Gasteiger partial charge >= 0.3 is 0 Å². The van der Waals surface area contributed by atoms with Crippen LogP contribution in [0.5, 0.6) is 0 Å². The number of likely N-dealkylation sites (N-methyl/N-ethyl adjacent to an activating group) is 1. The quantitative estimate of drug-likeness (QED) is 0.809. The summed E-state index contributed by atoms with van der Waals surface area (Å²) in [6, 6.07) is 7.33. The van der Waals surface area contributed by atoms with Crippen LogP contribution in [0.2, 0.25) is 5.02 Å². The van der Waals surface area contributed by atoms with Crippen molar-refractivity contribution in [3.05, 3.63) is 67.8 Å². The van der Waals surface area contributed by atoms with Crippen molar-refractivity contribution in [3.63, 3.8) is 0 Å². The van der Waals surface area contributed by atoms with Gasteiger partial charge in [0.25, 0.3) is 5.56 Å². The average Bonchev–Trinajstić information content (AvgIpc) is 2.46. The van der Waals surface area contributed by atoms with Gasteiger partial charge < -0.3 is 9.47 Å². The van der Waals surface area contributed by atoms with E-state index in [-0.39, 0.29) is 35.1 Å². The highest BCUT2D eigenvalue weighted by Crippen LogP contribution is 2.20. The van der Waals surface area contributed by atoms with Crippen molar-refractivity contribution in [2.75, 3.05) is 7.05 Å². The lowest BCUT2D eigenvalue weighted by molar-refractivity contribution is -0.131. The molecule has 0 saturated carbocycles. The fourth-order valence-corrected chi connectivity index (χ4v) is 2.50. The summed E-state index contributed by atoms with van der Waals surface area (Å²) >= 11 is 9.19. The molecule has 1 amide bonds. The maximum absolute atomic E-state index is 13.7. The minimum absolute atomic E-state index is 0.0348. The molecule has 2 rings (SSSR count). The summed E-state index contributed by atoms with van der Waals surface area (Å²) in [6.45, 7) is -0.0893. The highest BCUT2D eigenvalue weighted by Gasteiger charge is 2.15. The molecule has 0 N–H and O–H groups in total. The van der Waals surface area contributed by atoms with E-state index in [1.165, 1.54) is 40.9 Å². The fraction of sp³-hybridized carbons (Fsp3) is 0.200. The van der Waals surface area contributed by atoms with Crippen LogP contribution in [-0.4, -0.2) is 22.4 Å². The summed E-state index contributed by atoms with van der Waals surface area (Å²) in [6.07, 6.45) is 1.53. The smallest absolute Gasteiger partial charge is 0.251 e. The highest BCUT2D eigenvalue weighted by atomic mass is 79.9. The van der Waals surface area contributed by atoms with E-state index in [2.05, 4.69) is 15.9 Å². The van der Waals surface area contributed by atoms with Crippen molar-refractivity contribution >= 4 is 33.4 Å². The SMILES string of the molecule is CN(Cc1c(F)cccc1Cl)C(=O)Cn1cc(Br)ccc1=O. The van der Waals surface area contributed by atoms with Crippen molar-refractivity contribution in [2.24, 2.45) is 0 Å². The number of amides is 1. The van der Waals surface area contributed by atoms with Crippen LogP contribution in [0.4, 0.5) is 4.39 Å². The third-order valence-corrected chi connectivity index (χ3v) is 3.96. The zero-order valence-electron chi connectivity index (χ0n) is 11.7. The Labute approximate surface area is 140 Å². The van der Waals surface area contributed by atoms with Crippen LogP contribution in [-0.2, 0) is 17.9 Å². The van der Waals surface area contributed by atoms with E-state index in [1.807, 2.05) is 0 Å². The number of benzene rings is 1. The van der Waals surface area contributed by atoms with Crippen LogP contribution < -0.4 is 5.56 Å². The standard InChI is InChI=1S/C15H13BrClFN2O2/c1-19(8-11-12(17)3-2-4-13(11)18)15(22)9-20-7-10(16)5-6-14(20)21/h2-7H,8-9H2,1H3. The molecule has 1 heterocycles. The average molecular weight is 388 g/mol. The number of hydrogen-bond donors (Lipinski definition) is 0. The minimum atomic E-state index is -0.466. The van der Waals surface area contributed by atoms with Gasteiger partial charge in [-0.05, 0) is 34.1 Å². The van der Waals surface area contributed by atoms with Gasteiger partial charge in [0.15, 0.2) is 0 Å². The molecule has 116 valence electrons. The molecule has 0 aliphatic carbocycles. The maximum atomic E-state index is 13.7. The van der Waals surface area contributed by atoms with Gasteiger partial charge in [0, 0.05) is 40.9 Å². The van der Waals surface area contributed by atoms with E-state index < -0.39 is 5.82 Å². The van der Waals surface area contributed by atoms with Gasteiger partial charge in [0.1, 0.15) is 12.4 Å². The van der Waals surface area contributed by atoms with E-state index in [9.17, 15) is 14.0 Å². The molecule has 7 heteroatoms. The monoisotopic (exact) mass is 386 g/mol. The minimum Gasteiger partial charge on any atom is -0.340 e. The second-order valence-corrected chi connectivity index (χ2v) is 6.09. The number of carbonyl (C=O) groups excluding carboxylic acids is 1. The van der Waals surface area contributed by atoms with Crippen LogP contribution in [0.3, 0.4) is 0 Å². The molecule has 0 fully saturated rings. The van der Waals surface area contributed by atoms with Gasteiger partial charge in [0.2, 0.25) is 5.91 Å². The largest absolute Gasteiger partial charge is 0.340 e. The molecule has 4 nitrogen and oxygen atoms in total. The number of halogens is 3. The van der Waals surface area contributed by atoms with Gasteiger partial charge in [-0.15, -0.1) is 0 Å². The van der Waals surface area contributed by atoms with Crippen molar-refractivity contribution in [3.8, 4) is 0 Å². The van der Waals surface area contributed by atoms with E-state index in [0.717, 1.165) is 0 Å². The summed E-state index contributed by atoms with van der Waals surface area (Å²) in [4.78, 5) is 25.2. The predicted molar refractivity (Wildman–Crippen MR) is 86.3 cm³/mol. The summed E-state index contributed by atoms with van der Waals surface area (Å²) in [7, 11) is 1.54. The fourth-order valence-electron chi connectivity index (χ4n) is 1.90. The number of pyridine rings is 1. The van der Waals surface area contributed by atoms with Crippen molar-refractivity contribution < 1.29 is 9.18 Å². The number of rotatable bonds is 4. The van der Waals surface area contributed by atoms with Crippen LogP contribution in [0.1, 0.15) is 5.56 Å². The molecule has 22 heavy (non-hydrogen) atoms. The van der Waals surface area contributed by atoms with Crippen LogP contribution in [0.15, 0.2) is 45.8 Å². The third kappa shape index (κ3) is 3.96. The zero-order valence-corrected chi connectivity index (χ0v) is 14.1. The molecular formula is C15H13BrClFN2O2. The lowest BCUT2D eigenvalue weighted by atomic mass is 10.2. The molecular weight excluding hydrogens is 375 g/mol. The first kappa shape index (κ1) is 16.7. The Balaban J connectivity index is 2.13.